The smallest absolute Gasteiger partial charge is 0.398 e. The Hall–Kier alpha value is 0.154. The van der Waals surface area contributed by atoms with Crippen LogP contribution >= 0.6 is 0 Å². The van der Waals surface area contributed by atoms with Gasteiger partial charge in [0.25, 0.3) is 0 Å². The first-order valence-electron chi connectivity index (χ1n) is 9.39. The van der Waals surface area contributed by atoms with Crippen molar-refractivity contribution in [2.45, 2.75) is 57.3 Å². The SMILES string of the molecule is CCCCC[Si](OC)(OC)OC.CO[Si](C)(CCCOCC1CO1)OC. The number of rotatable bonds is 15. The molecule has 0 spiro atoms. The lowest BCUT2D eigenvalue weighted by molar-refractivity contribution is 0.114. The summed E-state index contributed by atoms with van der Waals surface area (Å²) in [5.41, 5.74) is 0. The molecule has 1 saturated heterocycles. The van der Waals surface area contributed by atoms with Gasteiger partial charge >= 0.3 is 17.4 Å². The van der Waals surface area contributed by atoms with Gasteiger partial charge in [-0.05, 0) is 25.4 Å². The maximum atomic E-state index is 5.43. The van der Waals surface area contributed by atoms with Crippen molar-refractivity contribution in [3.63, 3.8) is 0 Å². The summed E-state index contributed by atoms with van der Waals surface area (Å²) >= 11 is 0. The van der Waals surface area contributed by atoms with Crippen molar-refractivity contribution in [1.29, 1.82) is 0 Å². The van der Waals surface area contributed by atoms with Gasteiger partial charge in [0.1, 0.15) is 6.10 Å². The number of unbranched alkanes of at least 4 members (excludes halogenated alkanes) is 2. The molecule has 0 saturated carbocycles. The van der Waals surface area contributed by atoms with Crippen molar-refractivity contribution < 1.29 is 31.6 Å². The molecule has 26 heavy (non-hydrogen) atoms. The van der Waals surface area contributed by atoms with Gasteiger partial charge in [-0.3, -0.25) is 0 Å². The van der Waals surface area contributed by atoms with Crippen molar-refractivity contribution in [3.05, 3.63) is 0 Å². The van der Waals surface area contributed by atoms with Crippen molar-refractivity contribution in [2.75, 3.05) is 55.4 Å². The minimum absolute atomic E-state index is 0.364. The van der Waals surface area contributed by atoms with Gasteiger partial charge in [0.05, 0.1) is 13.2 Å². The van der Waals surface area contributed by atoms with Gasteiger partial charge in [-0.15, -0.1) is 0 Å². The van der Waals surface area contributed by atoms with E-state index in [9.17, 15) is 0 Å². The Labute approximate surface area is 162 Å². The van der Waals surface area contributed by atoms with E-state index in [1.54, 1.807) is 35.5 Å². The van der Waals surface area contributed by atoms with Gasteiger partial charge in [-0.25, -0.2) is 0 Å². The molecule has 0 N–H and O–H groups in total. The fourth-order valence-corrected chi connectivity index (χ4v) is 5.47. The topological polar surface area (TPSA) is 67.9 Å². The van der Waals surface area contributed by atoms with E-state index in [0.29, 0.717) is 6.10 Å². The summed E-state index contributed by atoms with van der Waals surface area (Å²) in [5, 5.41) is 0. The van der Waals surface area contributed by atoms with Crippen molar-refractivity contribution >= 4 is 17.4 Å². The Bertz CT molecular complexity index is 314. The predicted octanol–water partition coefficient (Wildman–Crippen LogP) is 3.21. The highest BCUT2D eigenvalue weighted by molar-refractivity contribution is 6.65. The van der Waals surface area contributed by atoms with Crippen molar-refractivity contribution in [2.24, 2.45) is 0 Å². The first-order valence-corrected chi connectivity index (χ1v) is 13.8. The van der Waals surface area contributed by atoms with Crippen LogP contribution in [0.2, 0.25) is 18.6 Å². The summed E-state index contributed by atoms with van der Waals surface area (Å²) in [6.45, 7) is 6.61. The zero-order valence-electron chi connectivity index (χ0n) is 17.8. The molecule has 0 amide bonds. The second kappa shape index (κ2) is 15.1. The van der Waals surface area contributed by atoms with E-state index < -0.39 is 17.4 Å². The van der Waals surface area contributed by atoms with Crippen LogP contribution in [-0.2, 0) is 31.6 Å². The zero-order chi connectivity index (χ0) is 19.9. The molecule has 1 fully saturated rings. The maximum Gasteiger partial charge on any atom is 0.500 e. The first kappa shape index (κ1) is 26.2. The van der Waals surface area contributed by atoms with E-state index in [4.69, 9.17) is 31.6 Å². The Morgan fingerprint density at radius 3 is 1.85 bits per heavy atom. The molecule has 0 aliphatic carbocycles. The highest BCUT2D eigenvalue weighted by atomic mass is 28.4. The molecule has 1 heterocycles. The fourth-order valence-electron chi connectivity index (χ4n) is 2.31. The molecule has 0 aromatic carbocycles. The van der Waals surface area contributed by atoms with Crippen LogP contribution in [-0.4, -0.2) is 78.8 Å². The highest BCUT2D eigenvalue weighted by Crippen LogP contribution is 2.17. The Morgan fingerprint density at radius 1 is 0.846 bits per heavy atom. The van der Waals surface area contributed by atoms with Crippen molar-refractivity contribution in [3.8, 4) is 0 Å². The van der Waals surface area contributed by atoms with E-state index in [0.717, 1.165) is 44.8 Å². The van der Waals surface area contributed by atoms with E-state index in [1.807, 2.05) is 0 Å². The van der Waals surface area contributed by atoms with Gasteiger partial charge < -0.3 is 31.6 Å². The molecule has 0 bridgehead atoms. The van der Waals surface area contributed by atoms with E-state index in [-0.39, 0.29) is 0 Å². The molecule has 1 aliphatic rings. The lowest BCUT2D eigenvalue weighted by Crippen LogP contribution is -2.42. The standard InChI is InChI=1S/C9H20O4Si.C8H20O3Si/c1-10-14(3,11-2)6-4-5-12-7-9-8-13-9;1-5-6-7-8-12(9-2,10-3)11-4/h9H,4-8H2,1-3H3;5-8H2,1-4H3. The van der Waals surface area contributed by atoms with Crippen LogP contribution in [0.15, 0.2) is 0 Å². The third kappa shape index (κ3) is 11.8. The molecule has 7 nitrogen and oxygen atoms in total. The Kier molecular flexibility index (Phi) is 15.2. The molecule has 1 unspecified atom stereocenters. The third-order valence-electron chi connectivity index (χ3n) is 4.51. The van der Waals surface area contributed by atoms with E-state index in [1.165, 1.54) is 12.8 Å². The van der Waals surface area contributed by atoms with Gasteiger partial charge in [0.15, 0.2) is 0 Å². The highest BCUT2D eigenvalue weighted by Gasteiger charge is 2.36. The summed E-state index contributed by atoms with van der Waals surface area (Å²) in [6.07, 6.45) is 4.91. The van der Waals surface area contributed by atoms with Crippen LogP contribution in [0, 0.1) is 0 Å². The molecule has 1 aliphatic heterocycles. The van der Waals surface area contributed by atoms with E-state index in [2.05, 4.69) is 13.5 Å². The number of hydrogen-bond donors (Lipinski definition) is 0. The lowest BCUT2D eigenvalue weighted by Gasteiger charge is -2.23. The molecule has 0 aromatic rings. The summed E-state index contributed by atoms with van der Waals surface area (Å²) in [5.74, 6) is 0. The normalized spacial score (nSPS) is 17.0. The largest absolute Gasteiger partial charge is 0.500 e. The van der Waals surface area contributed by atoms with Crippen LogP contribution in [0.3, 0.4) is 0 Å². The van der Waals surface area contributed by atoms with Crippen LogP contribution in [0.25, 0.3) is 0 Å². The molecular formula is C17H40O7Si2. The van der Waals surface area contributed by atoms with Crippen molar-refractivity contribution in [1.82, 2.24) is 0 Å². The molecular weight excluding hydrogens is 372 g/mol. The molecule has 1 rings (SSSR count). The monoisotopic (exact) mass is 412 g/mol. The van der Waals surface area contributed by atoms with E-state index >= 15 is 0 Å². The van der Waals surface area contributed by atoms with Gasteiger partial charge in [-0.2, -0.15) is 0 Å². The number of hydrogen-bond acceptors (Lipinski definition) is 7. The Balaban J connectivity index is 0.000000488. The maximum absolute atomic E-state index is 5.43. The van der Waals surface area contributed by atoms with Crippen LogP contribution in [0.1, 0.15) is 32.6 Å². The average Bonchev–Trinajstić information content (AvgIpc) is 3.50. The minimum Gasteiger partial charge on any atom is -0.398 e. The Morgan fingerprint density at radius 2 is 1.42 bits per heavy atom. The molecule has 0 radical (unpaired) electrons. The fraction of sp³-hybridized carbons (Fsp3) is 1.00. The van der Waals surface area contributed by atoms with Crippen LogP contribution in [0.4, 0.5) is 0 Å². The lowest BCUT2D eigenvalue weighted by atomic mass is 10.3. The first-order chi connectivity index (χ1) is 12.4. The molecule has 1 atom stereocenters. The third-order valence-corrected chi connectivity index (χ3v) is 10.3. The summed E-state index contributed by atoms with van der Waals surface area (Å²) in [4.78, 5) is 0. The second-order valence-corrected chi connectivity index (χ2v) is 13.1. The van der Waals surface area contributed by atoms with Gasteiger partial charge in [0, 0.05) is 48.2 Å². The molecule has 9 heteroatoms. The number of epoxide rings is 1. The number of ether oxygens (including phenoxy) is 2. The second-order valence-electron chi connectivity index (χ2n) is 6.43. The van der Waals surface area contributed by atoms with Crippen LogP contribution < -0.4 is 0 Å². The van der Waals surface area contributed by atoms with Gasteiger partial charge in [-0.1, -0.05) is 19.8 Å². The molecule has 0 aromatic heterocycles. The van der Waals surface area contributed by atoms with Crippen LogP contribution in [0.5, 0.6) is 0 Å². The minimum atomic E-state index is -2.25. The quantitative estimate of drug-likeness (QED) is 0.232. The summed E-state index contributed by atoms with van der Waals surface area (Å²) < 4.78 is 37.0. The summed E-state index contributed by atoms with van der Waals surface area (Å²) in [6, 6.07) is 1.90. The average molecular weight is 413 g/mol. The molecule has 158 valence electrons. The van der Waals surface area contributed by atoms with Gasteiger partial charge in [0.2, 0.25) is 0 Å². The predicted molar refractivity (Wildman–Crippen MR) is 107 cm³/mol. The zero-order valence-corrected chi connectivity index (χ0v) is 19.8. The summed E-state index contributed by atoms with van der Waals surface area (Å²) in [7, 11) is 4.28.